The lowest BCUT2D eigenvalue weighted by Gasteiger charge is -2.25. The summed E-state index contributed by atoms with van der Waals surface area (Å²) >= 11 is 0. The number of fused-ring (bicyclic) bond motifs is 2. The van der Waals surface area contributed by atoms with Crippen molar-refractivity contribution in [3.05, 3.63) is 84.2 Å². The molecule has 2 atom stereocenters. The van der Waals surface area contributed by atoms with Gasteiger partial charge in [0.15, 0.2) is 0 Å². The number of carbonyl (C=O) groups is 1. The molecule has 2 aromatic carbocycles. The van der Waals surface area contributed by atoms with Gasteiger partial charge in [-0.25, -0.2) is 0 Å². The van der Waals surface area contributed by atoms with Crippen LogP contribution in [0.5, 0.6) is 5.75 Å². The molecule has 0 spiro atoms. The first-order chi connectivity index (χ1) is 14.2. The number of ether oxygens (including phenoxy) is 1. The number of nitrogens with zero attached hydrogens (tertiary/aromatic N) is 3. The molecule has 1 saturated heterocycles. The highest BCUT2D eigenvalue weighted by atomic mass is 16.5. The number of likely N-dealkylation sites (tertiary alicyclic amines) is 1. The third-order valence-corrected chi connectivity index (χ3v) is 5.86. The number of rotatable bonds is 3. The van der Waals surface area contributed by atoms with Crippen LogP contribution in [0.4, 0.5) is 0 Å². The predicted octanol–water partition coefficient (Wildman–Crippen LogP) is 3.47. The second-order valence-corrected chi connectivity index (χ2v) is 7.77. The summed E-state index contributed by atoms with van der Waals surface area (Å²) in [6.45, 7) is 2.47. The molecule has 0 N–H and O–H groups in total. The van der Waals surface area contributed by atoms with Crippen molar-refractivity contribution < 1.29 is 9.53 Å². The second kappa shape index (κ2) is 7.33. The van der Waals surface area contributed by atoms with Crippen LogP contribution in [0.15, 0.2) is 73.1 Å². The maximum atomic E-state index is 13.1. The predicted molar refractivity (Wildman–Crippen MR) is 112 cm³/mol. The van der Waals surface area contributed by atoms with Gasteiger partial charge in [0.1, 0.15) is 11.9 Å². The van der Waals surface area contributed by atoms with Gasteiger partial charge in [0, 0.05) is 44.6 Å². The SMILES string of the molecule is CN1C(=O)c2ccc(-c3cccnc3)cc2OC2CN(Cc3ccccc3)CC21. The van der Waals surface area contributed by atoms with E-state index in [2.05, 4.69) is 34.1 Å². The molecular formula is C24H23N3O2. The summed E-state index contributed by atoms with van der Waals surface area (Å²) < 4.78 is 6.43. The molecule has 2 unspecified atom stereocenters. The van der Waals surface area contributed by atoms with Crippen LogP contribution in [0.25, 0.3) is 11.1 Å². The minimum absolute atomic E-state index is 0.0202. The van der Waals surface area contributed by atoms with Crippen LogP contribution in [-0.2, 0) is 6.54 Å². The molecule has 1 amide bonds. The fourth-order valence-corrected chi connectivity index (χ4v) is 4.30. The topological polar surface area (TPSA) is 45.7 Å². The molecule has 5 nitrogen and oxygen atoms in total. The van der Waals surface area contributed by atoms with Gasteiger partial charge < -0.3 is 9.64 Å². The molecular weight excluding hydrogens is 362 g/mol. The maximum Gasteiger partial charge on any atom is 0.257 e. The van der Waals surface area contributed by atoms with E-state index in [0.717, 1.165) is 30.8 Å². The van der Waals surface area contributed by atoms with Gasteiger partial charge in [0.25, 0.3) is 5.91 Å². The van der Waals surface area contributed by atoms with Crippen molar-refractivity contribution in [3.8, 4) is 16.9 Å². The number of hydrogen-bond donors (Lipinski definition) is 0. The van der Waals surface area contributed by atoms with Gasteiger partial charge in [-0.15, -0.1) is 0 Å². The van der Waals surface area contributed by atoms with Gasteiger partial charge in [-0.05, 0) is 29.3 Å². The van der Waals surface area contributed by atoms with Crippen molar-refractivity contribution in [2.45, 2.75) is 18.7 Å². The van der Waals surface area contributed by atoms with Gasteiger partial charge in [-0.2, -0.15) is 0 Å². The van der Waals surface area contributed by atoms with Gasteiger partial charge in [0.05, 0.1) is 11.6 Å². The Morgan fingerprint density at radius 3 is 2.69 bits per heavy atom. The van der Waals surface area contributed by atoms with Crippen molar-refractivity contribution in [3.63, 3.8) is 0 Å². The van der Waals surface area contributed by atoms with E-state index in [9.17, 15) is 4.79 Å². The summed E-state index contributed by atoms with van der Waals surface area (Å²) in [5, 5.41) is 0. The van der Waals surface area contributed by atoms with Crippen LogP contribution in [0.2, 0.25) is 0 Å². The quantitative estimate of drug-likeness (QED) is 0.693. The van der Waals surface area contributed by atoms with Gasteiger partial charge in [0.2, 0.25) is 0 Å². The first kappa shape index (κ1) is 17.9. The van der Waals surface area contributed by atoms with Crippen LogP contribution in [0, 0.1) is 0 Å². The number of aromatic nitrogens is 1. The standard InChI is InChI=1S/C24H23N3O2/c1-26-21-15-27(14-17-6-3-2-4-7-17)16-23(21)29-22-12-18(9-10-20(22)24(26)28)19-8-5-11-25-13-19/h2-13,21,23H,14-16H2,1H3. The summed E-state index contributed by atoms with van der Waals surface area (Å²) in [6, 6.07) is 20.2. The maximum absolute atomic E-state index is 13.1. The molecule has 1 aromatic heterocycles. The fraction of sp³-hybridized carbons (Fsp3) is 0.250. The third-order valence-electron chi connectivity index (χ3n) is 5.86. The lowest BCUT2D eigenvalue weighted by Crippen LogP contribution is -2.44. The Bertz CT molecular complexity index is 1020. The molecule has 0 bridgehead atoms. The minimum atomic E-state index is -0.0435. The smallest absolute Gasteiger partial charge is 0.257 e. The van der Waals surface area contributed by atoms with Crippen molar-refractivity contribution in [2.24, 2.45) is 0 Å². The normalized spacial score (nSPS) is 21.3. The molecule has 3 aromatic rings. The van der Waals surface area contributed by atoms with E-state index in [1.54, 1.807) is 6.20 Å². The molecule has 0 aliphatic carbocycles. The van der Waals surface area contributed by atoms with Crippen LogP contribution in [-0.4, -0.2) is 53.0 Å². The van der Waals surface area contributed by atoms with Crippen molar-refractivity contribution in [2.75, 3.05) is 20.1 Å². The summed E-state index contributed by atoms with van der Waals surface area (Å²) in [5.74, 6) is 0.684. The molecule has 29 heavy (non-hydrogen) atoms. The number of amides is 1. The molecule has 1 fully saturated rings. The zero-order valence-electron chi connectivity index (χ0n) is 16.4. The second-order valence-electron chi connectivity index (χ2n) is 7.77. The first-order valence-corrected chi connectivity index (χ1v) is 9.93. The number of likely N-dealkylation sites (N-methyl/N-ethyl adjacent to an activating group) is 1. The lowest BCUT2D eigenvalue weighted by atomic mass is 10.0. The fourth-order valence-electron chi connectivity index (χ4n) is 4.30. The van der Waals surface area contributed by atoms with Crippen molar-refractivity contribution in [1.82, 2.24) is 14.8 Å². The molecule has 2 aliphatic rings. The largest absolute Gasteiger partial charge is 0.486 e. The molecule has 3 heterocycles. The number of pyridine rings is 1. The Morgan fingerprint density at radius 2 is 1.90 bits per heavy atom. The average Bonchev–Trinajstić information content (AvgIpc) is 3.12. The van der Waals surface area contributed by atoms with Crippen molar-refractivity contribution in [1.29, 1.82) is 0 Å². The monoisotopic (exact) mass is 385 g/mol. The van der Waals surface area contributed by atoms with E-state index < -0.39 is 0 Å². The summed E-state index contributed by atoms with van der Waals surface area (Å²) in [5.41, 5.74) is 3.92. The van der Waals surface area contributed by atoms with E-state index in [-0.39, 0.29) is 18.1 Å². The zero-order valence-corrected chi connectivity index (χ0v) is 16.4. The first-order valence-electron chi connectivity index (χ1n) is 9.93. The Balaban J connectivity index is 1.43. The Morgan fingerprint density at radius 1 is 1.03 bits per heavy atom. The van der Waals surface area contributed by atoms with Crippen LogP contribution < -0.4 is 4.74 Å². The molecule has 0 saturated carbocycles. The molecule has 146 valence electrons. The highest BCUT2D eigenvalue weighted by Gasteiger charge is 2.42. The lowest BCUT2D eigenvalue weighted by molar-refractivity contribution is 0.0682. The van der Waals surface area contributed by atoms with Gasteiger partial charge >= 0.3 is 0 Å². The van der Waals surface area contributed by atoms with Crippen LogP contribution >= 0.6 is 0 Å². The summed E-state index contributed by atoms with van der Waals surface area (Å²) in [6.07, 6.45) is 3.54. The molecule has 0 radical (unpaired) electrons. The number of carbonyl (C=O) groups excluding carboxylic acids is 1. The van der Waals surface area contributed by atoms with Gasteiger partial charge in [-0.3, -0.25) is 14.7 Å². The van der Waals surface area contributed by atoms with E-state index in [4.69, 9.17) is 4.74 Å². The molecule has 2 aliphatic heterocycles. The number of benzene rings is 2. The Kier molecular flexibility index (Phi) is 4.52. The van der Waals surface area contributed by atoms with E-state index in [0.29, 0.717) is 11.3 Å². The minimum Gasteiger partial charge on any atom is -0.486 e. The number of hydrogen-bond acceptors (Lipinski definition) is 4. The zero-order chi connectivity index (χ0) is 19.8. The van der Waals surface area contributed by atoms with Crippen LogP contribution in [0.3, 0.4) is 0 Å². The van der Waals surface area contributed by atoms with Crippen LogP contribution in [0.1, 0.15) is 15.9 Å². The van der Waals surface area contributed by atoms with Crippen molar-refractivity contribution >= 4 is 5.91 Å². The summed E-state index contributed by atoms with van der Waals surface area (Å²) in [4.78, 5) is 21.5. The van der Waals surface area contributed by atoms with Gasteiger partial charge in [-0.1, -0.05) is 42.5 Å². The molecule has 5 heteroatoms. The Labute approximate surface area is 170 Å². The van der Waals surface area contributed by atoms with E-state index in [1.807, 2.05) is 54.5 Å². The highest BCUT2D eigenvalue weighted by molar-refractivity contribution is 5.98. The average molecular weight is 385 g/mol. The highest BCUT2D eigenvalue weighted by Crippen LogP contribution is 2.34. The third kappa shape index (κ3) is 3.38. The summed E-state index contributed by atoms with van der Waals surface area (Å²) in [7, 11) is 1.89. The Hall–Kier alpha value is -3.18. The molecule has 5 rings (SSSR count). The van der Waals surface area contributed by atoms with E-state index in [1.165, 1.54) is 5.56 Å². The van der Waals surface area contributed by atoms with E-state index >= 15 is 0 Å².